The summed E-state index contributed by atoms with van der Waals surface area (Å²) in [6.45, 7) is 3.63. The lowest BCUT2D eigenvalue weighted by Gasteiger charge is -2.28. The molecule has 1 aliphatic heterocycles. The number of nitrogens with one attached hydrogen (secondary N) is 1. The van der Waals surface area contributed by atoms with Gasteiger partial charge in [-0.25, -0.2) is 13.1 Å². The first-order chi connectivity index (χ1) is 11.1. The summed E-state index contributed by atoms with van der Waals surface area (Å²) in [5, 5.41) is 1.78. The summed E-state index contributed by atoms with van der Waals surface area (Å²) >= 11 is 1.25. The summed E-state index contributed by atoms with van der Waals surface area (Å²) in [5.41, 5.74) is 2.89. The molecule has 0 bridgehead atoms. The number of halogens is 1. The number of benzene rings is 1. The van der Waals surface area contributed by atoms with Gasteiger partial charge in [0.05, 0.1) is 0 Å². The highest BCUT2D eigenvalue weighted by molar-refractivity contribution is 7.91. The molecule has 24 heavy (non-hydrogen) atoms. The number of unbranched alkanes of at least 4 members (excludes halogenated alkanes) is 1. The first kappa shape index (κ1) is 19.4. The number of hydrogen-bond acceptors (Lipinski definition) is 4. The average molecular weight is 387 g/mol. The Morgan fingerprint density at radius 3 is 2.62 bits per heavy atom. The Morgan fingerprint density at radius 1 is 1.08 bits per heavy atom. The molecule has 7 heteroatoms. The van der Waals surface area contributed by atoms with Crippen molar-refractivity contribution in [1.29, 1.82) is 0 Å². The highest BCUT2D eigenvalue weighted by Gasteiger charge is 2.16. The molecular formula is C17H23ClN2O2S2. The van der Waals surface area contributed by atoms with Gasteiger partial charge in [-0.05, 0) is 48.4 Å². The maximum atomic E-state index is 12.0. The van der Waals surface area contributed by atoms with Gasteiger partial charge in [-0.2, -0.15) is 0 Å². The maximum absolute atomic E-state index is 12.0. The summed E-state index contributed by atoms with van der Waals surface area (Å²) in [6, 6.07) is 12.0. The average Bonchev–Trinajstić information content (AvgIpc) is 3.10. The van der Waals surface area contributed by atoms with E-state index in [1.807, 2.05) is 0 Å². The van der Waals surface area contributed by atoms with Crippen LogP contribution in [0, 0.1) is 0 Å². The van der Waals surface area contributed by atoms with Gasteiger partial charge in [-0.3, -0.25) is 4.90 Å². The van der Waals surface area contributed by atoms with E-state index in [-0.39, 0.29) is 12.4 Å². The number of rotatable bonds is 7. The molecule has 2 aromatic rings. The van der Waals surface area contributed by atoms with Gasteiger partial charge in [0.25, 0.3) is 0 Å². The first-order valence-corrected chi connectivity index (χ1v) is 10.3. The number of fused-ring (bicyclic) bond motifs is 1. The van der Waals surface area contributed by atoms with Gasteiger partial charge in [0.1, 0.15) is 4.21 Å². The highest BCUT2D eigenvalue weighted by atomic mass is 35.5. The first-order valence-electron chi connectivity index (χ1n) is 7.97. The fraction of sp³-hybridized carbons (Fsp3) is 0.412. The van der Waals surface area contributed by atoms with E-state index in [1.165, 1.54) is 22.5 Å². The minimum atomic E-state index is -3.31. The maximum Gasteiger partial charge on any atom is 0.250 e. The second-order valence-corrected chi connectivity index (χ2v) is 8.77. The fourth-order valence-corrected chi connectivity index (χ4v) is 5.01. The number of hydrogen-bond donors (Lipinski definition) is 1. The largest absolute Gasteiger partial charge is 0.299 e. The van der Waals surface area contributed by atoms with Crippen LogP contribution in [0.1, 0.15) is 24.0 Å². The molecule has 0 amide bonds. The van der Waals surface area contributed by atoms with Crippen molar-refractivity contribution in [2.75, 3.05) is 19.6 Å². The van der Waals surface area contributed by atoms with Crippen molar-refractivity contribution in [3.8, 4) is 0 Å². The molecule has 1 aromatic heterocycles. The molecule has 0 saturated heterocycles. The second kappa shape index (κ2) is 8.97. The molecule has 0 fully saturated rings. The number of nitrogens with zero attached hydrogens (tertiary/aromatic N) is 1. The zero-order chi connectivity index (χ0) is 16.1. The summed E-state index contributed by atoms with van der Waals surface area (Å²) in [4.78, 5) is 2.45. The Morgan fingerprint density at radius 2 is 1.88 bits per heavy atom. The van der Waals surface area contributed by atoms with E-state index in [0.717, 1.165) is 38.9 Å². The summed E-state index contributed by atoms with van der Waals surface area (Å²) in [7, 11) is -3.31. The Bertz CT molecular complexity index is 733. The minimum absolute atomic E-state index is 0. The molecular weight excluding hydrogens is 364 g/mol. The molecule has 1 aliphatic rings. The standard InChI is InChI=1S/C17H22N2O2S2.ClH/c20-23(21,17-8-5-13-22-17)18-10-3-4-11-19-12-9-15-6-1-2-7-16(15)14-19;/h1-2,5-8,13,18H,3-4,9-12,14H2;1H. The zero-order valence-corrected chi connectivity index (χ0v) is 15.9. The highest BCUT2D eigenvalue weighted by Crippen LogP contribution is 2.19. The second-order valence-electron chi connectivity index (χ2n) is 5.83. The van der Waals surface area contributed by atoms with Crippen molar-refractivity contribution < 1.29 is 8.42 Å². The fourth-order valence-electron chi connectivity index (χ4n) is 2.90. The number of sulfonamides is 1. The molecule has 0 aliphatic carbocycles. The molecule has 0 saturated carbocycles. The molecule has 1 aromatic carbocycles. The summed E-state index contributed by atoms with van der Waals surface area (Å²) < 4.78 is 27.0. The lowest BCUT2D eigenvalue weighted by atomic mass is 10.00. The van der Waals surface area contributed by atoms with Crippen LogP contribution in [-0.2, 0) is 23.0 Å². The van der Waals surface area contributed by atoms with Crippen molar-refractivity contribution >= 4 is 33.8 Å². The molecule has 4 nitrogen and oxygen atoms in total. The zero-order valence-electron chi connectivity index (χ0n) is 13.5. The van der Waals surface area contributed by atoms with E-state index in [4.69, 9.17) is 0 Å². The van der Waals surface area contributed by atoms with Gasteiger partial charge in [-0.15, -0.1) is 23.7 Å². The monoisotopic (exact) mass is 386 g/mol. The van der Waals surface area contributed by atoms with Crippen LogP contribution < -0.4 is 4.72 Å². The van der Waals surface area contributed by atoms with Gasteiger partial charge in [-0.1, -0.05) is 30.3 Å². The van der Waals surface area contributed by atoms with Gasteiger partial charge in [0.15, 0.2) is 0 Å². The molecule has 3 rings (SSSR count). The topological polar surface area (TPSA) is 49.4 Å². The Hall–Kier alpha value is -0.920. The lowest BCUT2D eigenvalue weighted by molar-refractivity contribution is 0.249. The van der Waals surface area contributed by atoms with Crippen LogP contribution in [-0.4, -0.2) is 33.0 Å². The van der Waals surface area contributed by atoms with Crippen LogP contribution in [0.4, 0.5) is 0 Å². The molecule has 0 spiro atoms. The normalized spacial score (nSPS) is 14.8. The molecule has 1 N–H and O–H groups in total. The van der Waals surface area contributed by atoms with E-state index in [1.54, 1.807) is 17.5 Å². The van der Waals surface area contributed by atoms with Gasteiger partial charge in [0, 0.05) is 19.6 Å². The molecule has 132 valence electrons. The van der Waals surface area contributed by atoms with E-state index in [9.17, 15) is 8.42 Å². The Kier molecular flexibility index (Phi) is 7.25. The molecule has 0 unspecified atom stereocenters. The molecule has 0 radical (unpaired) electrons. The van der Waals surface area contributed by atoms with Crippen molar-refractivity contribution in [2.45, 2.75) is 30.0 Å². The third-order valence-corrected chi connectivity index (χ3v) is 7.02. The lowest BCUT2D eigenvalue weighted by Crippen LogP contribution is -2.32. The van der Waals surface area contributed by atoms with Crippen LogP contribution in [0.2, 0.25) is 0 Å². The van der Waals surface area contributed by atoms with Crippen LogP contribution in [0.25, 0.3) is 0 Å². The van der Waals surface area contributed by atoms with Crippen molar-refractivity contribution in [3.05, 3.63) is 52.9 Å². The summed E-state index contributed by atoms with van der Waals surface area (Å²) in [6.07, 6.45) is 2.99. The molecule has 0 atom stereocenters. The third-order valence-electron chi connectivity index (χ3n) is 4.16. The van der Waals surface area contributed by atoms with Gasteiger partial charge in [0.2, 0.25) is 10.0 Å². The van der Waals surface area contributed by atoms with E-state index >= 15 is 0 Å². The van der Waals surface area contributed by atoms with E-state index < -0.39 is 10.0 Å². The van der Waals surface area contributed by atoms with Crippen LogP contribution in [0.5, 0.6) is 0 Å². The predicted octanol–water partition coefficient (Wildman–Crippen LogP) is 3.29. The van der Waals surface area contributed by atoms with Gasteiger partial charge < -0.3 is 0 Å². The minimum Gasteiger partial charge on any atom is -0.299 e. The smallest absolute Gasteiger partial charge is 0.250 e. The predicted molar refractivity (Wildman–Crippen MR) is 101 cm³/mol. The Balaban J connectivity index is 0.00000208. The SMILES string of the molecule is Cl.O=S(=O)(NCCCCN1CCc2ccccc2C1)c1cccs1. The third kappa shape index (κ3) is 5.04. The summed E-state index contributed by atoms with van der Waals surface area (Å²) in [5.74, 6) is 0. The van der Waals surface area contributed by atoms with Crippen LogP contribution in [0.3, 0.4) is 0 Å². The Labute approximate surface area is 154 Å². The quantitative estimate of drug-likeness (QED) is 0.743. The van der Waals surface area contributed by atoms with Crippen LogP contribution >= 0.6 is 23.7 Å². The van der Waals surface area contributed by atoms with Crippen molar-refractivity contribution in [2.24, 2.45) is 0 Å². The van der Waals surface area contributed by atoms with Crippen molar-refractivity contribution in [1.82, 2.24) is 9.62 Å². The van der Waals surface area contributed by atoms with Crippen LogP contribution in [0.15, 0.2) is 46.0 Å². The van der Waals surface area contributed by atoms with E-state index in [2.05, 4.69) is 33.9 Å². The molecule has 2 heterocycles. The van der Waals surface area contributed by atoms with Gasteiger partial charge >= 0.3 is 0 Å². The van der Waals surface area contributed by atoms with E-state index in [0.29, 0.717) is 10.8 Å². The number of thiophene rings is 1. The van der Waals surface area contributed by atoms with Crippen molar-refractivity contribution in [3.63, 3.8) is 0 Å².